The number of benzene rings is 1. The third-order valence-electron chi connectivity index (χ3n) is 4.36. The molecular weight excluding hydrogens is 312 g/mol. The number of nitrogens with two attached hydrogens (primary N) is 1. The van der Waals surface area contributed by atoms with Gasteiger partial charge < -0.3 is 15.1 Å². The molecule has 1 atom stereocenters. The topological polar surface area (TPSA) is 59.5 Å². The summed E-state index contributed by atoms with van der Waals surface area (Å²) in [5.74, 6) is 0.771. The lowest BCUT2D eigenvalue weighted by Crippen LogP contribution is -2.34. The summed E-state index contributed by atoms with van der Waals surface area (Å²) < 4.78 is 5.84. The summed E-state index contributed by atoms with van der Waals surface area (Å²) in [6.07, 6.45) is 0.790. The van der Waals surface area contributed by atoms with E-state index in [1.807, 2.05) is 32.0 Å². The predicted molar refractivity (Wildman–Crippen MR) is 97.3 cm³/mol. The monoisotopic (exact) mass is 338 g/mol. The summed E-state index contributed by atoms with van der Waals surface area (Å²) in [6, 6.07) is 6.08. The van der Waals surface area contributed by atoms with E-state index < -0.39 is 0 Å². The maximum absolute atomic E-state index is 12.6. The van der Waals surface area contributed by atoms with Crippen LogP contribution in [-0.2, 0) is 0 Å². The van der Waals surface area contributed by atoms with Crippen LogP contribution in [0.25, 0.3) is 11.0 Å². The number of carbonyl (C=O) groups is 1. The number of amides is 1. The van der Waals surface area contributed by atoms with Crippen LogP contribution in [0.5, 0.6) is 0 Å². The molecule has 0 aliphatic rings. The number of hydrogen-bond acceptors (Lipinski definition) is 3. The second-order valence-electron chi connectivity index (χ2n) is 6.43. The summed E-state index contributed by atoms with van der Waals surface area (Å²) in [4.78, 5) is 14.3. The average Bonchev–Trinajstić information content (AvgIpc) is 2.82. The van der Waals surface area contributed by atoms with Gasteiger partial charge in [-0.25, -0.2) is 0 Å². The van der Waals surface area contributed by atoms with E-state index in [-0.39, 0.29) is 24.4 Å². The smallest absolute Gasteiger partial charge is 0.289 e. The summed E-state index contributed by atoms with van der Waals surface area (Å²) in [5, 5.41) is 1.01. The number of nitrogens with zero attached hydrogens (tertiary/aromatic N) is 1. The summed E-state index contributed by atoms with van der Waals surface area (Å²) >= 11 is 0. The highest BCUT2D eigenvalue weighted by Gasteiger charge is 2.22. The van der Waals surface area contributed by atoms with Crippen molar-refractivity contribution in [1.29, 1.82) is 0 Å². The van der Waals surface area contributed by atoms with Gasteiger partial charge >= 0.3 is 0 Å². The quantitative estimate of drug-likeness (QED) is 0.898. The fourth-order valence-corrected chi connectivity index (χ4v) is 2.54. The summed E-state index contributed by atoms with van der Waals surface area (Å²) in [6.45, 7) is 8.75. The van der Waals surface area contributed by atoms with E-state index in [4.69, 9.17) is 10.2 Å². The normalized spacial score (nSPS) is 12.3. The zero-order valence-electron chi connectivity index (χ0n) is 14.6. The first-order chi connectivity index (χ1) is 10.3. The van der Waals surface area contributed by atoms with Gasteiger partial charge in [-0.3, -0.25) is 4.79 Å². The minimum Gasteiger partial charge on any atom is -0.450 e. The van der Waals surface area contributed by atoms with E-state index in [0.29, 0.717) is 18.2 Å². The van der Waals surface area contributed by atoms with Crippen molar-refractivity contribution in [3.8, 4) is 0 Å². The first kappa shape index (κ1) is 19.5. The van der Waals surface area contributed by atoms with Crippen LogP contribution in [0.15, 0.2) is 22.6 Å². The highest BCUT2D eigenvalue weighted by molar-refractivity contribution is 5.99. The van der Waals surface area contributed by atoms with Gasteiger partial charge in [-0.2, -0.15) is 0 Å². The summed E-state index contributed by atoms with van der Waals surface area (Å²) in [7, 11) is 1.80. The molecule has 1 heterocycles. The number of carbonyl (C=O) groups excluding carboxylic acids is 1. The number of hydrogen-bond donors (Lipinski definition) is 1. The lowest BCUT2D eigenvalue weighted by Gasteiger charge is -2.21. The number of fused-ring (bicyclic) bond motifs is 1. The number of aryl methyl sites for hydroxylation is 2. The third-order valence-corrected chi connectivity index (χ3v) is 4.36. The second kappa shape index (κ2) is 7.84. The molecule has 2 N–H and O–H groups in total. The van der Waals surface area contributed by atoms with Crippen molar-refractivity contribution in [3.05, 3.63) is 35.1 Å². The molecule has 2 rings (SSSR count). The van der Waals surface area contributed by atoms with Gasteiger partial charge in [0.05, 0.1) is 0 Å². The van der Waals surface area contributed by atoms with Crippen LogP contribution in [0, 0.1) is 19.8 Å². The Morgan fingerprint density at radius 3 is 2.52 bits per heavy atom. The second-order valence-corrected chi connectivity index (χ2v) is 6.43. The van der Waals surface area contributed by atoms with Crippen molar-refractivity contribution >= 4 is 29.3 Å². The predicted octanol–water partition coefficient (Wildman–Crippen LogP) is 3.92. The third kappa shape index (κ3) is 4.06. The number of rotatable bonds is 5. The minimum absolute atomic E-state index is 0. The highest BCUT2D eigenvalue weighted by atomic mass is 35.5. The molecule has 4 nitrogen and oxygen atoms in total. The van der Waals surface area contributed by atoms with Gasteiger partial charge in [0.15, 0.2) is 5.76 Å². The molecule has 0 spiro atoms. The first-order valence-corrected chi connectivity index (χ1v) is 7.82. The van der Waals surface area contributed by atoms with Crippen LogP contribution >= 0.6 is 12.4 Å². The number of para-hydroxylation sites is 1. The van der Waals surface area contributed by atoms with Gasteiger partial charge in [-0.15, -0.1) is 12.4 Å². The lowest BCUT2D eigenvalue weighted by molar-refractivity contribution is 0.0759. The van der Waals surface area contributed by atoms with E-state index >= 15 is 0 Å². The van der Waals surface area contributed by atoms with Crippen LogP contribution in [-0.4, -0.2) is 30.4 Å². The van der Waals surface area contributed by atoms with E-state index in [1.165, 1.54) is 0 Å². The van der Waals surface area contributed by atoms with Crippen LogP contribution in [0.3, 0.4) is 0 Å². The Kier molecular flexibility index (Phi) is 6.66. The van der Waals surface area contributed by atoms with Gasteiger partial charge in [0.2, 0.25) is 0 Å². The van der Waals surface area contributed by atoms with Gasteiger partial charge in [-0.05, 0) is 31.7 Å². The molecule has 1 unspecified atom stereocenters. The maximum Gasteiger partial charge on any atom is 0.289 e. The van der Waals surface area contributed by atoms with Crippen molar-refractivity contribution in [1.82, 2.24) is 4.90 Å². The molecule has 0 fully saturated rings. The Morgan fingerprint density at radius 1 is 1.30 bits per heavy atom. The van der Waals surface area contributed by atoms with Crippen LogP contribution < -0.4 is 5.73 Å². The molecule has 0 aliphatic heterocycles. The average molecular weight is 339 g/mol. The zero-order valence-corrected chi connectivity index (χ0v) is 15.4. The van der Waals surface area contributed by atoms with E-state index in [2.05, 4.69) is 13.8 Å². The fraction of sp³-hybridized carbons (Fsp3) is 0.500. The fourth-order valence-electron chi connectivity index (χ4n) is 2.54. The first-order valence-electron chi connectivity index (χ1n) is 7.82. The highest BCUT2D eigenvalue weighted by Crippen LogP contribution is 2.28. The van der Waals surface area contributed by atoms with E-state index in [1.54, 1.807) is 11.9 Å². The lowest BCUT2D eigenvalue weighted by atomic mass is 10.0. The Hall–Kier alpha value is -1.52. The van der Waals surface area contributed by atoms with E-state index in [9.17, 15) is 4.79 Å². The van der Waals surface area contributed by atoms with Gasteiger partial charge in [0.25, 0.3) is 5.91 Å². The SMILES string of the molecule is Cc1c(C(=O)N(C)CCC(N)C(C)C)oc2c(C)cccc12.Cl. The molecular formula is C18H27ClN2O2. The standard InChI is InChI=1S/C18H26N2O2.ClH/c1-11(2)15(19)9-10-20(5)18(21)17-13(4)14-8-6-7-12(3)16(14)22-17;/h6-8,11,15H,9-10,19H2,1-5H3;1H. The zero-order chi connectivity index (χ0) is 16.4. The molecule has 0 radical (unpaired) electrons. The molecule has 128 valence electrons. The van der Waals surface area contributed by atoms with Crippen molar-refractivity contribution in [2.24, 2.45) is 11.7 Å². The Balaban J connectivity index is 0.00000264. The molecule has 0 aliphatic carbocycles. The maximum atomic E-state index is 12.6. The van der Waals surface area contributed by atoms with E-state index in [0.717, 1.165) is 28.5 Å². The van der Waals surface area contributed by atoms with Crippen LogP contribution in [0.4, 0.5) is 0 Å². The van der Waals surface area contributed by atoms with Crippen molar-refractivity contribution in [2.75, 3.05) is 13.6 Å². The van der Waals surface area contributed by atoms with Gasteiger partial charge in [0, 0.05) is 30.6 Å². The largest absolute Gasteiger partial charge is 0.450 e. The number of halogens is 1. The minimum atomic E-state index is -0.0796. The molecule has 1 amide bonds. The van der Waals surface area contributed by atoms with Gasteiger partial charge in [0.1, 0.15) is 5.58 Å². The molecule has 5 heteroatoms. The van der Waals surface area contributed by atoms with Gasteiger partial charge in [-0.1, -0.05) is 32.0 Å². The summed E-state index contributed by atoms with van der Waals surface area (Å²) in [5.41, 5.74) is 8.81. The molecule has 1 aromatic carbocycles. The molecule has 23 heavy (non-hydrogen) atoms. The molecule has 2 aromatic rings. The van der Waals surface area contributed by atoms with Crippen molar-refractivity contribution < 1.29 is 9.21 Å². The molecule has 0 saturated heterocycles. The molecule has 0 saturated carbocycles. The van der Waals surface area contributed by atoms with Crippen LogP contribution in [0.1, 0.15) is 41.9 Å². The van der Waals surface area contributed by atoms with Crippen LogP contribution in [0.2, 0.25) is 0 Å². The molecule has 1 aromatic heterocycles. The Labute approximate surface area is 144 Å². The Bertz CT molecular complexity index is 679. The Morgan fingerprint density at radius 2 is 1.96 bits per heavy atom. The molecule has 0 bridgehead atoms. The van der Waals surface area contributed by atoms with Crippen molar-refractivity contribution in [2.45, 2.75) is 40.2 Å². The van der Waals surface area contributed by atoms with Crippen molar-refractivity contribution in [3.63, 3.8) is 0 Å². The number of furan rings is 1.